The molecule has 0 unspecified atom stereocenters. The number of benzene rings is 1. The van der Waals surface area contributed by atoms with E-state index in [1.165, 1.54) is 13.0 Å². The molecule has 0 radical (unpaired) electrons. The van der Waals surface area contributed by atoms with E-state index >= 15 is 0 Å². The zero-order valence-electron chi connectivity index (χ0n) is 16.0. The maximum absolute atomic E-state index is 13.0. The van der Waals surface area contributed by atoms with Crippen molar-refractivity contribution >= 4 is 17.5 Å². The number of para-hydroxylation sites is 1. The summed E-state index contributed by atoms with van der Waals surface area (Å²) in [4.78, 5) is 37.3. The van der Waals surface area contributed by atoms with Crippen LogP contribution in [-0.4, -0.2) is 34.4 Å². The van der Waals surface area contributed by atoms with Crippen molar-refractivity contribution in [3.8, 4) is 0 Å². The number of aromatic nitrogens is 1. The first-order valence-corrected chi connectivity index (χ1v) is 8.84. The molecule has 0 bridgehead atoms. The number of likely N-dealkylation sites (N-methyl/N-ethyl adjacent to an activating group) is 1. The number of rotatable bonds is 6. The van der Waals surface area contributed by atoms with E-state index < -0.39 is 59.6 Å². The van der Waals surface area contributed by atoms with Crippen molar-refractivity contribution in [2.24, 2.45) is 0 Å². The second-order valence-electron chi connectivity index (χ2n) is 6.38. The minimum absolute atomic E-state index is 0.0686. The van der Waals surface area contributed by atoms with Crippen molar-refractivity contribution < 1.29 is 35.9 Å². The number of carbonyl (C=O) groups excluding carboxylic acids is 2. The van der Waals surface area contributed by atoms with Crippen LogP contribution in [0.25, 0.3) is 0 Å². The zero-order valence-corrected chi connectivity index (χ0v) is 16.0. The Labute approximate surface area is 172 Å². The Kier molecular flexibility index (Phi) is 7.13. The first-order valence-electron chi connectivity index (χ1n) is 8.84. The number of nitrogens with zero attached hydrogens (tertiary/aromatic N) is 2. The number of halogens is 6. The summed E-state index contributed by atoms with van der Waals surface area (Å²) in [5.74, 6) is -1.80. The molecule has 0 aliphatic rings. The van der Waals surface area contributed by atoms with Gasteiger partial charge in [0.2, 0.25) is 11.8 Å². The largest absolute Gasteiger partial charge is 0.418 e. The van der Waals surface area contributed by atoms with Crippen molar-refractivity contribution in [2.75, 3.05) is 18.4 Å². The molecule has 0 spiro atoms. The molecule has 0 atom stereocenters. The highest BCUT2D eigenvalue weighted by atomic mass is 19.4. The quantitative estimate of drug-likeness (QED) is 0.688. The molecule has 0 aliphatic carbocycles. The zero-order chi connectivity index (χ0) is 23.4. The molecule has 0 saturated carbocycles. The van der Waals surface area contributed by atoms with E-state index in [1.807, 2.05) is 0 Å². The predicted octanol–water partition coefficient (Wildman–Crippen LogP) is 3.37. The lowest BCUT2D eigenvalue weighted by Crippen LogP contribution is -2.41. The van der Waals surface area contributed by atoms with E-state index in [-0.39, 0.29) is 6.54 Å². The van der Waals surface area contributed by atoms with Gasteiger partial charge in [0.15, 0.2) is 0 Å². The highest BCUT2D eigenvalue weighted by Gasteiger charge is 2.34. The molecule has 6 nitrogen and oxygen atoms in total. The maximum Gasteiger partial charge on any atom is 0.418 e. The monoisotopic (exact) mass is 449 g/mol. The van der Waals surface area contributed by atoms with Gasteiger partial charge < -0.3 is 14.8 Å². The average molecular weight is 449 g/mol. The van der Waals surface area contributed by atoms with E-state index in [0.717, 1.165) is 23.1 Å². The molecular formula is C19H17F6N3O3. The number of pyridine rings is 1. The standard InChI is InChI=1S/C19H17F6N3O3/c1-2-27(10-15(29)26-14-6-4-3-5-13(14)19(23,24)25)17(31)11-28-9-12(18(20,21)22)7-8-16(28)30/h3-9H,2,10-11H2,1H3,(H,26,29). The highest BCUT2D eigenvalue weighted by Crippen LogP contribution is 2.34. The lowest BCUT2D eigenvalue weighted by Gasteiger charge is -2.22. The Morgan fingerprint density at radius 1 is 1.00 bits per heavy atom. The Balaban J connectivity index is 2.13. The molecule has 0 fully saturated rings. The van der Waals surface area contributed by atoms with Gasteiger partial charge in [-0.05, 0) is 25.1 Å². The number of alkyl halides is 6. The van der Waals surface area contributed by atoms with Crippen LogP contribution in [0.4, 0.5) is 32.0 Å². The molecule has 2 aromatic rings. The number of anilines is 1. The van der Waals surface area contributed by atoms with Crippen LogP contribution in [0.1, 0.15) is 18.1 Å². The van der Waals surface area contributed by atoms with Gasteiger partial charge in [0.1, 0.15) is 6.54 Å². The van der Waals surface area contributed by atoms with Crippen molar-refractivity contribution in [3.05, 3.63) is 64.1 Å². The number of carbonyl (C=O) groups is 2. The number of hydrogen-bond acceptors (Lipinski definition) is 3. The van der Waals surface area contributed by atoms with Gasteiger partial charge in [-0.25, -0.2) is 0 Å². The van der Waals surface area contributed by atoms with Crippen molar-refractivity contribution in [3.63, 3.8) is 0 Å². The molecule has 1 N–H and O–H groups in total. The molecule has 0 aliphatic heterocycles. The fraction of sp³-hybridized carbons (Fsp3) is 0.316. The summed E-state index contributed by atoms with van der Waals surface area (Å²) in [7, 11) is 0. The summed E-state index contributed by atoms with van der Waals surface area (Å²) in [6.07, 6.45) is -8.96. The molecule has 31 heavy (non-hydrogen) atoms. The maximum atomic E-state index is 13.0. The number of amides is 2. The minimum atomic E-state index is -4.73. The Bertz CT molecular complexity index is 1010. The van der Waals surface area contributed by atoms with Gasteiger partial charge in [-0.1, -0.05) is 12.1 Å². The third-order valence-corrected chi connectivity index (χ3v) is 4.19. The topological polar surface area (TPSA) is 71.4 Å². The number of hydrogen-bond donors (Lipinski definition) is 1. The van der Waals surface area contributed by atoms with E-state index in [2.05, 4.69) is 5.32 Å². The van der Waals surface area contributed by atoms with Crippen LogP contribution in [-0.2, 0) is 28.5 Å². The molecule has 2 amide bonds. The summed E-state index contributed by atoms with van der Waals surface area (Å²) in [6, 6.07) is 5.49. The summed E-state index contributed by atoms with van der Waals surface area (Å²) in [6.45, 7) is -0.0388. The van der Waals surface area contributed by atoms with Crippen LogP contribution in [0, 0.1) is 0 Å². The van der Waals surface area contributed by atoms with E-state index in [9.17, 15) is 40.7 Å². The van der Waals surface area contributed by atoms with Crippen LogP contribution >= 0.6 is 0 Å². The molecule has 1 aromatic carbocycles. The summed E-state index contributed by atoms with van der Waals surface area (Å²) < 4.78 is 78.1. The van der Waals surface area contributed by atoms with Crippen LogP contribution in [0.5, 0.6) is 0 Å². The van der Waals surface area contributed by atoms with Crippen LogP contribution in [0.15, 0.2) is 47.4 Å². The third kappa shape index (κ3) is 6.33. The fourth-order valence-corrected chi connectivity index (χ4v) is 2.65. The third-order valence-electron chi connectivity index (χ3n) is 4.19. The fourth-order valence-electron chi connectivity index (χ4n) is 2.65. The summed E-state index contributed by atoms with van der Waals surface area (Å²) in [5.41, 5.74) is -3.57. The normalized spacial score (nSPS) is 11.8. The van der Waals surface area contributed by atoms with Crippen molar-refractivity contribution in [2.45, 2.75) is 25.8 Å². The minimum Gasteiger partial charge on any atom is -0.332 e. The second-order valence-corrected chi connectivity index (χ2v) is 6.38. The van der Waals surface area contributed by atoms with Gasteiger partial charge in [-0.2, -0.15) is 26.3 Å². The lowest BCUT2D eigenvalue weighted by atomic mass is 10.1. The Hall–Kier alpha value is -3.31. The smallest absolute Gasteiger partial charge is 0.332 e. The van der Waals surface area contributed by atoms with Gasteiger partial charge in [0.05, 0.1) is 23.4 Å². The molecule has 1 aromatic heterocycles. The lowest BCUT2D eigenvalue weighted by molar-refractivity contribution is -0.139. The van der Waals surface area contributed by atoms with Gasteiger partial charge in [0, 0.05) is 18.8 Å². The molecular weight excluding hydrogens is 432 g/mol. The van der Waals surface area contributed by atoms with Gasteiger partial charge in [-0.15, -0.1) is 0 Å². The summed E-state index contributed by atoms with van der Waals surface area (Å²) in [5, 5.41) is 2.07. The van der Waals surface area contributed by atoms with Crippen molar-refractivity contribution in [1.29, 1.82) is 0 Å². The Morgan fingerprint density at radius 2 is 1.65 bits per heavy atom. The molecule has 1 heterocycles. The number of nitrogens with one attached hydrogen (secondary N) is 1. The van der Waals surface area contributed by atoms with Crippen LogP contribution in [0.2, 0.25) is 0 Å². The molecule has 2 rings (SSSR count). The van der Waals surface area contributed by atoms with E-state index in [4.69, 9.17) is 0 Å². The molecule has 168 valence electrons. The van der Waals surface area contributed by atoms with Gasteiger partial charge in [-0.3, -0.25) is 14.4 Å². The highest BCUT2D eigenvalue weighted by molar-refractivity contribution is 5.95. The average Bonchev–Trinajstić information content (AvgIpc) is 2.66. The first kappa shape index (κ1) is 24.0. The van der Waals surface area contributed by atoms with Crippen LogP contribution in [0.3, 0.4) is 0 Å². The van der Waals surface area contributed by atoms with Gasteiger partial charge in [0.25, 0.3) is 5.56 Å². The van der Waals surface area contributed by atoms with Crippen molar-refractivity contribution in [1.82, 2.24) is 9.47 Å². The predicted molar refractivity (Wildman–Crippen MR) is 98.0 cm³/mol. The van der Waals surface area contributed by atoms with Crippen LogP contribution < -0.4 is 10.9 Å². The molecule has 12 heteroatoms. The first-order chi connectivity index (χ1) is 14.3. The van der Waals surface area contributed by atoms with E-state index in [0.29, 0.717) is 22.9 Å². The van der Waals surface area contributed by atoms with E-state index in [1.54, 1.807) is 0 Å². The SMILES string of the molecule is CCN(CC(=O)Nc1ccccc1C(F)(F)F)C(=O)Cn1cc(C(F)(F)F)ccc1=O. The summed E-state index contributed by atoms with van der Waals surface area (Å²) >= 11 is 0. The van der Waals surface area contributed by atoms with Gasteiger partial charge >= 0.3 is 12.4 Å². The second kappa shape index (κ2) is 9.23. The molecule has 0 saturated heterocycles. The Morgan fingerprint density at radius 3 is 2.23 bits per heavy atom.